The van der Waals surface area contributed by atoms with Crippen LogP contribution in [0.15, 0.2) is 24.3 Å². The molecule has 0 aliphatic carbocycles. The van der Waals surface area contributed by atoms with E-state index in [2.05, 4.69) is 27.7 Å². The van der Waals surface area contributed by atoms with E-state index in [1.165, 1.54) is 12.0 Å². The lowest BCUT2D eigenvalue weighted by Gasteiger charge is -2.16. The molecule has 102 valence electrons. The van der Waals surface area contributed by atoms with Gasteiger partial charge in [-0.05, 0) is 30.5 Å². The zero-order valence-electron chi connectivity index (χ0n) is 12.5. The minimum atomic E-state index is 0.111. The van der Waals surface area contributed by atoms with Gasteiger partial charge >= 0.3 is 0 Å². The molecule has 0 unspecified atom stereocenters. The highest BCUT2D eigenvalue weighted by Gasteiger charge is 2.09. The van der Waals surface area contributed by atoms with Crippen molar-refractivity contribution in [3.05, 3.63) is 35.4 Å². The van der Waals surface area contributed by atoms with Gasteiger partial charge in [0, 0.05) is 19.2 Å². The summed E-state index contributed by atoms with van der Waals surface area (Å²) in [7, 11) is 1.85. The molecule has 0 spiro atoms. The lowest BCUT2D eigenvalue weighted by molar-refractivity contribution is 0.0795. The lowest BCUT2D eigenvalue weighted by atomic mass is 10.1. The van der Waals surface area contributed by atoms with Crippen molar-refractivity contribution in [3.8, 4) is 0 Å². The third kappa shape index (κ3) is 5.85. The molecule has 2 nitrogen and oxygen atoms in total. The highest BCUT2D eigenvalue weighted by Crippen LogP contribution is 2.07. The predicted molar refractivity (Wildman–Crippen MR) is 79.0 cm³/mol. The minimum Gasteiger partial charge on any atom is -0.342 e. The Morgan fingerprint density at radius 3 is 1.94 bits per heavy atom. The van der Waals surface area contributed by atoms with E-state index >= 15 is 0 Å². The van der Waals surface area contributed by atoms with Crippen LogP contribution in [0.2, 0.25) is 0 Å². The quantitative estimate of drug-likeness (QED) is 0.785. The minimum absolute atomic E-state index is 0.111. The molecular formula is C16H27NO. The molecule has 0 aliphatic rings. The molecule has 0 heterocycles. The standard InChI is InChI=1S/C13H19NO.C3H8/c1-4-10-14(3)13(15)12-8-6-11(5-2)7-9-12;1-3-2/h6-9H,4-5,10H2,1-3H3;3H2,1-2H3. The van der Waals surface area contributed by atoms with Crippen LogP contribution in [-0.2, 0) is 6.42 Å². The molecule has 1 aromatic carbocycles. The maximum absolute atomic E-state index is 11.9. The second kappa shape index (κ2) is 9.69. The molecule has 0 N–H and O–H groups in total. The van der Waals surface area contributed by atoms with E-state index in [9.17, 15) is 4.79 Å². The van der Waals surface area contributed by atoms with Crippen molar-refractivity contribution < 1.29 is 4.79 Å². The largest absolute Gasteiger partial charge is 0.342 e. The van der Waals surface area contributed by atoms with E-state index in [-0.39, 0.29) is 5.91 Å². The third-order valence-corrected chi connectivity index (χ3v) is 2.51. The average Bonchev–Trinajstić information content (AvgIpc) is 2.39. The molecule has 0 fully saturated rings. The number of nitrogens with zero attached hydrogens (tertiary/aromatic N) is 1. The molecule has 0 atom stereocenters. The molecule has 0 saturated carbocycles. The third-order valence-electron chi connectivity index (χ3n) is 2.51. The smallest absolute Gasteiger partial charge is 0.253 e. The van der Waals surface area contributed by atoms with Crippen LogP contribution in [0, 0.1) is 0 Å². The van der Waals surface area contributed by atoms with Crippen LogP contribution in [0.1, 0.15) is 56.5 Å². The fourth-order valence-corrected chi connectivity index (χ4v) is 1.54. The Morgan fingerprint density at radius 1 is 1.06 bits per heavy atom. The number of hydrogen-bond donors (Lipinski definition) is 0. The van der Waals surface area contributed by atoms with E-state index in [1.807, 2.05) is 31.3 Å². The number of carbonyl (C=O) groups is 1. The summed E-state index contributed by atoms with van der Waals surface area (Å²) in [6.45, 7) is 9.25. The molecule has 0 aliphatic heterocycles. The zero-order chi connectivity index (χ0) is 14.0. The van der Waals surface area contributed by atoms with E-state index < -0.39 is 0 Å². The van der Waals surface area contributed by atoms with Crippen molar-refractivity contribution >= 4 is 5.91 Å². The fourth-order valence-electron chi connectivity index (χ4n) is 1.54. The number of hydrogen-bond acceptors (Lipinski definition) is 1. The lowest BCUT2D eigenvalue weighted by Crippen LogP contribution is -2.27. The van der Waals surface area contributed by atoms with Gasteiger partial charge in [-0.3, -0.25) is 4.79 Å². The molecule has 1 rings (SSSR count). The summed E-state index contributed by atoms with van der Waals surface area (Å²) in [6.07, 6.45) is 3.26. The molecule has 0 radical (unpaired) electrons. The maximum Gasteiger partial charge on any atom is 0.253 e. The van der Waals surface area contributed by atoms with Crippen molar-refractivity contribution in [3.63, 3.8) is 0 Å². The van der Waals surface area contributed by atoms with Crippen molar-refractivity contribution in [2.24, 2.45) is 0 Å². The molecule has 1 amide bonds. The van der Waals surface area contributed by atoms with Gasteiger partial charge in [-0.25, -0.2) is 0 Å². The topological polar surface area (TPSA) is 20.3 Å². The van der Waals surface area contributed by atoms with Crippen LogP contribution in [0.25, 0.3) is 0 Å². The second-order valence-electron chi connectivity index (χ2n) is 4.48. The number of aryl methyl sites for hydroxylation is 1. The first kappa shape index (κ1) is 16.7. The SMILES string of the molecule is CCC.CCCN(C)C(=O)c1ccc(CC)cc1. The Morgan fingerprint density at radius 2 is 1.56 bits per heavy atom. The summed E-state index contributed by atoms with van der Waals surface area (Å²) in [5.41, 5.74) is 2.05. The first-order valence-electron chi connectivity index (χ1n) is 6.94. The van der Waals surface area contributed by atoms with Crippen LogP contribution in [0.3, 0.4) is 0 Å². The fraction of sp³-hybridized carbons (Fsp3) is 0.562. The van der Waals surface area contributed by atoms with Crippen LogP contribution in [0.4, 0.5) is 0 Å². The van der Waals surface area contributed by atoms with Crippen LogP contribution < -0.4 is 0 Å². The van der Waals surface area contributed by atoms with Gasteiger partial charge in [0.05, 0.1) is 0 Å². The molecule has 0 aromatic heterocycles. The summed E-state index contributed by atoms with van der Waals surface area (Å²) in [6, 6.07) is 7.86. The monoisotopic (exact) mass is 249 g/mol. The molecule has 2 heteroatoms. The van der Waals surface area contributed by atoms with Gasteiger partial charge in [0.15, 0.2) is 0 Å². The van der Waals surface area contributed by atoms with Gasteiger partial charge in [-0.1, -0.05) is 46.2 Å². The highest BCUT2D eigenvalue weighted by molar-refractivity contribution is 5.94. The maximum atomic E-state index is 11.9. The summed E-state index contributed by atoms with van der Waals surface area (Å²) in [5, 5.41) is 0. The molecule has 18 heavy (non-hydrogen) atoms. The second-order valence-corrected chi connectivity index (χ2v) is 4.48. The summed E-state index contributed by atoms with van der Waals surface area (Å²) in [5.74, 6) is 0.111. The van der Waals surface area contributed by atoms with E-state index in [1.54, 1.807) is 4.90 Å². The number of carbonyl (C=O) groups excluding carboxylic acids is 1. The van der Waals surface area contributed by atoms with Crippen molar-refractivity contribution in [1.29, 1.82) is 0 Å². The van der Waals surface area contributed by atoms with Crippen molar-refractivity contribution in [2.75, 3.05) is 13.6 Å². The Labute approximate surface area is 112 Å². The Kier molecular flexibility index (Phi) is 8.99. The van der Waals surface area contributed by atoms with Gasteiger partial charge < -0.3 is 4.90 Å². The molecular weight excluding hydrogens is 222 g/mol. The number of amides is 1. The van der Waals surface area contributed by atoms with Gasteiger partial charge in [-0.15, -0.1) is 0 Å². The highest BCUT2D eigenvalue weighted by atomic mass is 16.2. The summed E-state index contributed by atoms with van der Waals surface area (Å²) < 4.78 is 0. The van der Waals surface area contributed by atoms with Crippen LogP contribution in [0.5, 0.6) is 0 Å². The summed E-state index contributed by atoms with van der Waals surface area (Å²) >= 11 is 0. The Balaban J connectivity index is 0.000000873. The van der Waals surface area contributed by atoms with Gasteiger partial charge in [0.2, 0.25) is 0 Å². The van der Waals surface area contributed by atoms with Crippen LogP contribution in [-0.4, -0.2) is 24.4 Å². The number of benzene rings is 1. The normalized spacial score (nSPS) is 9.39. The first-order valence-corrected chi connectivity index (χ1v) is 6.94. The average molecular weight is 249 g/mol. The number of rotatable bonds is 4. The summed E-state index contributed by atoms with van der Waals surface area (Å²) in [4.78, 5) is 13.6. The van der Waals surface area contributed by atoms with E-state index in [4.69, 9.17) is 0 Å². The Bertz CT molecular complexity index is 329. The van der Waals surface area contributed by atoms with Crippen molar-refractivity contribution in [2.45, 2.75) is 47.0 Å². The predicted octanol–water partition coefficient (Wildman–Crippen LogP) is 4.15. The molecule has 0 bridgehead atoms. The van der Waals surface area contributed by atoms with E-state index in [0.29, 0.717) is 0 Å². The molecule has 1 aromatic rings. The zero-order valence-corrected chi connectivity index (χ0v) is 12.5. The first-order chi connectivity index (χ1) is 8.60. The van der Waals surface area contributed by atoms with Crippen LogP contribution >= 0.6 is 0 Å². The molecule has 0 saturated heterocycles. The van der Waals surface area contributed by atoms with Gasteiger partial charge in [0.25, 0.3) is 5.91 Å². The van der Waals surface area contributed by atoms with E-state index in [0.717, 1.165) is 24.9 Å². The Hall–Kier alpha value is -1.31. The van der Waals surface area contributed by atoms with Crippen molar-refractivity contribution in [1.82, 2.24) is 4.90 Å². The van der Waals surface area contributed by atoms with Gasteiger partial charge in [-0.2, -0.15) is 0 Å². The van der Waals surface area contributed by atoms with Gasteiger partial charge in [0.1, 0.15) is 0 Å².